The fourth-order valence-corrected chi connectivity index (χ4v) is 2.42. The topological polar surface area (TPSA) is 44.4 Å². The van der Waals surface area contributed by atoms with E-state index in [2.05, 4.69) is 24.5 Å². The van der Waals surface area contributed by atoms with Crippen molar-refractivity contribution in [3.05, 3.63) is 0 Å². The van der Waals surface area contributed by atoms with Gasteiger partial charge < -0.3 is 15.5 Å². The maximum absolute atomic E-state index is 12.1. The van der Waals surface area contributed by atoms with Crippen molar-refractivity contribution in [1.82, 2.24) is 15.5 Å². The summed E-state index contributed by atoms with van der Waals surface area (Å²) in [5, 5.41) is 6.44. The minimum atomic E-state index is 0.121. The minimum Gasteiger partial charge on any atom is -0.338 e. The number of amides is 2. The highest BCUT2D eigenvalue weighted by Crippen LogP contribution is 2.12. The maximum atomic E-state index is 12.1. The molecule has 0 bridgehead atoms. The smallest absolute Gasteiger partial charge is 0.317 e. The summed E-state index contributed by atoms with van der Waals surface area (Å²) in [7, 11) is 0. The lowest BCUT2D eigenvalue weighted by Crippen LogP contribution is -2.45. The fraction of sp³-hybridized carbons (Fsp3) is 0.929. The molecule has 0 radical (unpaired) electrons. The van der Waals surface area contributed by atoms with E-state index < -0.39 is 0 Å². The Morgan fingerprint density at radius 3 is 2.83 bits per heavy atom. The lowest BCUT2D eigenvalue weighted by Gasteiger charge is -2.30. The summed E-state index contributed by atoms with van der Waals surface area (Å²) >= 11 is 0. The molecule has 1 fully saturated rings. The number of rotatable bonds is 7. The summed E-state index contributed by atoms with van der Waals surface area (Å²) < 4.78 is 0. The first kappa shape index (κ1) is 15.3. The third-order valence-electron chi connectivity index (χ3n) is 3.46. The molecule has 106 valence electrons. The van der Waals surface area contributed by atoms with Crippen molar-refractivity contribution < 1.29 is 4.79 Å². The van der Waals surface area contributed by atoms with Crippen LogP contribution in [-0.4, -0.2) is 43.7 Å². The highest BCUT2D eigenvalue weighted by molar-refractivity contribution is 5.74. The number of urea groups is 1. The molecule has 1 rings (SSSR count). The van der Waals surface area contributed by atoms with Crippen molar-refractivity contribution >= 4 is 6.03 Å². The van der Waals surface area contributed by atoms with E-state index in [4.69, 9.17) is 0 Å². The summed E-state index contributed by atoms with van der Waals surface area (Å²) in [6.45, 7) is 9.04. The highest BCUT2D eigenvalue weighted by Gasteiger charge is 2.19. The quantitative estimate of drug-likeness (QED) is 0.685. The van der Waals surface area contributed by atoms with E-state index in [1.54, 1.807) is 0 Å². The van der Waals surface area contributed by atoms with Gasteiger partial charge in [0.15, 0.2) is 0 Å². The Bertz CT molecular complexity index is 227. The molecule has 0 aromatic carbocycles. The van der Waals surface area contributed by atoms with Gasteiger partial charge in [-0.15, -0.1) is 0 Å². The van der Waals surface area contributed by atoms with E-state index in [1.807, 2.05) is 4.90 Å². The number of nitrogens with one attached hydrogen (secondary N) is 2. The van der Waals surface area contributed by atoms with Gasteiger partial charge in [0.2, 0.25) is 0 Å². The molecule has 0 spiro atoms. The van der Waals surface area contributed by atoms with Gasteiger partial charge in [-0.25, -0.2) is 4.79 Å². The van der Waals surface area contributed by atoms with Crippen LogP contribution >= 0.6 is 0 Å². The Kier molecular flexibility index (Phi) is 7.81. The zero-order valence-electron chi connectivity index (χ0n) is 12.0. The number of carbonyl (C=O) groups excluding carboxylic acids is 1. The number of piperidine rings is 1. The van der Waals surface area contributed by atoms with Gasteiger partial charge >= 0.3 is 6.03 Å². The minimum absolute atomic E-state index is 0.121. The predicted octanol–water partition coefficient (Wildman–Crippen LogP) is 2.21. The first-order valence-electron chi connectivity index (χ1n) is 7.51. The monoisotopic (exact) mass is 255 g/mol. The van der Waals surface area contributed by atoms with Crippen molar-refractivity contribution in [3.8, 4) is 0 Å². The van der Waals surface area contributed by atoms with Crippen molar-refractivity contribution in [1.29, 1.82) is 0 Å². The van der Waals surface area contributed by atoms with Crippen LogP contribution in [0.15, 0.2) is 0 Å². The summed E-state index contributed by atoms with van der Waals surface area (Å²) in [5.74, 6) is 0.627. The van der Waals surface area contributed by atoms with Crippen LogP contribution in [0.4, 0.5) is 4.79 Å². The molecular formula is C14H29N3O. The van der Waals surface area contributed by atoms with E-state index in [-0.39, 0.29) is 6.03 Å². The fourth-order valence-electron chi connectivity index (χ4n) is 2.42. The number of carbonyl (C=O) groups is 1. The zero-order valence-corrected chi connectivity index (χ0v) is 12.0. The Morgan fingerprint density at radius 2 is 2.22 bits per heavy atom. The number of hydrogen-bond acceptors (Lipinski definition) is 2. The SMILES string of the molecule is CCCCNC(=O)N(CCC)CC1CCCNC1. The van der Waals surface area contributed by atoms with Crippen LogP contribution in [0.3, 0.4) is 0 Å². The second-order valence-corrected chi connectivity index (χ2v) is 5.24. The van der Waals surface area contributed by atoms with E-state index in [0.717, 1.165) is 52.0 Å². The molecule has 18 heavy (non-hydrogen) atoms. The third-order valence-corrected chi connectivity index (χ3v) is 3.46. The predicted molar refractivity (Wildman–Crippen MR) is 75.8 cm³/mol. The average Bonchev–Trinajstić information content (AvgIpc) is 2.39. The molecule has 4 heteroatoms. The summed E-state index contributed by atoms with van der Waals surface area (Å²) in [6.07, 6.45) is 5.70. The standard InChI is InChI=1S/C14H29N3O/c1-3-5-9-16-14(18)17(10-4-2)12-13-7-6-8-15-11-13/h13,15H,3-12H2,1-2H3,(H,16,18). The largest absolute Gasteiger partial charge is 0.338 e. The van der Waals surface area contributed by atoms with E-state index in [9.17, 15) is 4.79 Å². The van der Waals surface area contributed by atoms with Crippen LogP contribution in [-0.2, 0) is 0 Å². The molecule has 0 aromatic rings. The molecule has 4 nitrogen and oxygen atoms in total. The molecule has 2 N–H and O–H groups in total. The van der Waals surface area contributed by atoms with Crippen LogP contribution in [0.2, 0.25) is 0 Å². The van der Waals surface area contributed by atoms with Crippen LogP contribution in [0, 0.1) is 5.92 Å². The van der Waals surface area contributed by atoms with Crippen LogP contribution < -0.4 is 10.6 Å². The van der Waals surface area contributed by atoms with E-state index >= 15 is 0 Å². The van der Waals surface area contributed by atoms with E-state index in [0.29, 0.717) is 5.92 Å². The molecule has 1 aliphatic rings. The molecule has 0 aromatic heterocycles. The molecule has 0 aliphatic carbocycles. The van der Waals surface area contributed by atoms with Gasteiger partial charge in [-0.05, 0) is 44.7 Å². The van der Waals surface area contributed by atoms with Gasteiger partial charge in [-0.2, -0.15) is 0 Å². The normalized spacial score (nSPS) is 19.6. The first-order valence-corrected chi connectivity index (χ1v) is 7.51. The van der Waals surface area contributed by atoms with Gasteiger partial charge in [0.25, 0.3) is 0 Å². The molecule has 1 unspecified atom stereocenters. The number of hydrogen-bond donors (Lipinski definition) is 2. The Balaban J connectivity index is 2.34. The average molecular weight is 255 g/mol. The molecular weight excluding hydrogens is 226 g/mol. The van der Waals surface area contributed by atoms with Crippen LogP contribution in [0.25, 0.3) is 0 Å². The van der Waals surface area contributed by atoms with E-state index in [1.165, 1.54) is 12.8 Å². The Morgan fingerprint density at radius 1 is 1.39 bits per heavy atom. The van der Waals surface area contributed by atoms with Crippen molar-refractivity contribution in [3.63, 3.8) is 0 Å². The summed E-state index contributed by atoms with van der Waals surface area (Å²) in [5.41, 5.74) is 0. The second-order valence-electron chi connectivity index (χ2n) is 5.24. The molecule has 1 heterocycles. The highest BCUT2D eigenvalue weighted by atomic mass is 16.2. The molecule has 1 aliphatic heterocycles. The summed E-state index contributed by atoms with van der Waals surface area (Å²) in [6, 6.07) is 0.121. The lowest BCUT2D eigenvalue weighted by atomic mass is 9.99. The van der Waals surface area contributed by atoms with Gasteiger partial charge in [0.05, 0.1) is 0 Å². The molecule has 1 atom stereocenters. The molecule has 0 saturated carbocycles. The Labute approximate surface area is 111 Å². The Hall–Kier alpha value is -0.770. The number of unbranched alkanes of at least 4 members (excludes halogenated alkanes) is 1. The van der Waals surface area contributed by atoms with Gasteiger partial charge in [0, 0.05) is 19.6 Å². The second kappa shape index (κ2) is 9.20. The third kappa shape index (κ3) is 5.71. The molecule has 2 amide bonds. The maximum Gasteiger partial charge on any atom is 0.317 e. The van der Waals surface area contributed by atoms with Crippen molar-refractivity contribution in [2.75, 3.05) is 32.7 Å². The van der Waals surface area contributed by atoms with Crippen LogP contribution in [0.1, 0.15) is 46.0 Å². The zero-order chi connectivity index (χ0) is 13.2. The van der Waals surface area contributed by atoms with Gasteiger partial charge in [-0.1, -0.05) is 20.3 Å². The first-order chi connectivity index (χ1) is 8.77. The molecule has 1 saturated heterocycles. The lowest BCUT2D eigenvalue weighted by molar-refractivity contribution is 0.181. The summed E-state index contributed by atoms with van der Waals surface area (Å²) in [4.78, 5) is 14.1. The van der Waals surface area contributed by atoms with Crippen molar-refractivity contribution in [2.45, 2.75) is 46.0 Å². The number of nitrogens with zero attached hydrogens (tertiary/aromatic N) is 1. The van der Waals surface area contributed by atoms with Gasteiger partial charge in [-0.3, -0.25) is 0 Å². The van der Waals surface area contributed by atoms with Crippen molar-refractivity contribution in [2.24, 2.45) is 5.92 Å². The van der Waals surface area contributed by atoms with Crippen LogP contribution in [0.5, 0.6) is 0 Å². The van der Waals surface area contributed by atoms with Gasteiger partial charge in [0.1, 0.15) is 0 Å².